The molecule has 174 valence electrons. The Labute approximate surface area is 197 Å². The third-order valence-corrected chi connectivity index (χ3v) is 7.30. The Bertz CT molecular complexity index is 1370. The number of nitrogens with zero attached hydrogens (tertiary/aromatic N) is 6. The van der Waals surface area contributed by atoms with Crippen molar-refractivity contribution in [1.29, 1.82) is 0 Å². The number of fused-ring (bicyclic) bond motifs is 3. The Morgan fingerprint density at radius 2 is 1.88 bits per heavy atom. The summed E-state index contributed by atoms with van der Waals surface area (Å²) in [6.07, 6.45) is 7.60. The fourth-order valence-electron chi connectivity index (χ4n) is 5.66. The Hall–Kier alpha value is -3.75. The third kappa shape index (κ3) is 3.61. The first-order chi connectivity index (χ1) is 16.6. The fourth-order valence-corrected chi connectivity index (χ4v) is 5.66. The Morgan fingerprint density at radius 1 is 1.12 bits per heavy atom. The summed E-state index contributed by atoms with van der Waals surface area (Å²) in [4.78, 5) is 27.1. The molecule has 3 atom stereocenters. The first-order valence-corrected chi connectivity index (χ1v) is 11.7. The zero-order chi connectivity index (χ0) is 23.2. The summed E-state index contributed by atoms with van der Waals surface area (Å²) in [6, 6.07) is 8.04. The Morgan fingerprint density at radius 3 is 2.62 bits per heavy atom. The summed E-state index contributed by atoms with van der Waals surface area (Å²) in [7, 11) is 1.63. The lowest BCUT2D eigenvalue weighted by molar-refractivity contribution is -0.128. The maximum Gasteiger partial charge on any atom is 0.244 e. The molecule has 4 aromatic rings. The lowest BCUT2D eigenvalue weighted by Crippen LogP contribution is -2.28. The molecule has 9 nitrogen and oxygen atoms in total. The summed E-state index contributed by atoms with van der Waals surface area (Å²) in [6.45, 7) is 4.29. The zero-order valence-corrected chi connectivity index (χ0v) is 19.3. The van der Waals surface area contributed by atoms with Gasteiger partial charge < -0.3 is 15.0 Å². The number of carbonyl (C=O) groups excluding carboxylic acids is 1. The van der Waals surface area contributed by atoms with E-state index in [0.29, 0.717) is 29.6 Å². The minimum absolute atomic E-state index is 0.195. The van der Waals surface area contributed by atoms with Crippen molar-refractivity contribution in [3.63, 3.8) is 0 Å². The molecule has 1 saturated carbocycles. The Kier molecular flexibility index (Phi) is 5.04. The summed E-state index contributed by atoms with van der Waals surface area (Å²) in [5, 5.41) is 8.12. The second kappa shape index (κ2) is 8.23. The fraction of sp³-hybridized carbons (Fsp3) is 0.400. The first-order valence-electron chi connectivity index (χ1n) is 11.7. The van der Waals surface area contributed by atoms with Crippen LogP contribution in [0.25, 0.3) is 27.7 Å². The molecule has 1 unspecified atom stereocenters. The maximum absolute atomic E-state index is 11.7. The second-order valence-electron chi connectivity index (χ2n) is 9.39. The zero-order valence-electron chi connectivity index (χ0n) is 19.3. The topological polar surface area (TPSA) is 97.5 Å². The Balaban J connectivity index is 1.21. The molecule has 1 amide bonds. The van der Waals surface area contributed by atoms with Crippen molar-refractivity contribution in [1.82, 2.24) is 29.5 Å². The van der Waals surface area contributed by atoms with Crippen molar-refractivity contribution in [2.24, 2.45) is 17.8 Å². The van der Waals surface area contributed by atoms with Gasteiger partial charge in [0.2, 0.25) is 17.7 Å². The van der Waals surface area contributed by atoms with Gasteiger partial charge in [-0.2, -0.15) is 4.98 Å². The number of nitrogens with one attached hydrogen (secondary N) is 1. The molecule has 6 rings (SSSR count). The molecule has 2 fully saturated rings. The van der Waals surface area contributed by atoms with Crippen molar-refractivity contribution in [3.8, 4) is 17.0 Å². The molecule has 1 N–H and O–H groups in total. The van der Waals surface area contributed by atoms with Crippen LogP contribution in [-0.4, -0.2) is 62.1 Å². The van der Waals surface area contributed by atoms with Crippen LogP contribution in [0.3, 0.4) is 0 Å². The van der Waals surface area contributed by atoms with Crippen LogP contribution in [0.2, 0.25) is 0 Å². The van der Waals surface area contributed by atoms with Crippen molar-refractivity contribution < 1.29 is 9.53 Å². The SMILES string of the molecule is COc1nc(NCC2C[C@@H]3CN(C(C)=O)C[C@@H]3C2)nn2ccc(-c3ccc4nccnc4c3)c12. The van der Waals surface area contributed by atoms with Crippen LogP contribution < -0.4 is 10.1 Å². The normalized spacial score (nSPS) is 21.8. The molecule has 1 aromatic carbocycles. The number of likely N-dealkylation sites (tertiary alicyclic amines) is 1. The lowest BCUT2D eigenvalue weighted by Gasteiger charge is -2.18. The van der Waals surface area contributed by atoms with Gasteiger partial charge in [-0.3, -0.25) is 14.8 Å². The smallest absolute Gasteiger partial charge is 0.244 e. The van der Waals surface area contributed by atoms with Crippen molar-refractivity contribution in [2.75, 3.05) is 32.1 Å². The van der Waals surface area contributed by atoms with E-state index in [1.165, 1.54) is 0 Å². The number of ether oxygens (including phenoxy) is 1. The van der Waals surface area contributed by atoms with Gasteiger partial charge >= 0.3 is 0 Å². The lowest BCUT2D eigenvalue weighted by atomic mass is 10.0. The number of carbonyl (C=O) groups is 1. The van der Waals surface area contributed by atoms with Gasteiger partial charge in [0.15, 0.2) is 0 Å². The van der Waals surface area contributed by atoms with E-state index in [4.69, 9.17) is 9.84 Å². The number of methoxy groups -OCH3 is 1. The van der Waals surface area contributed by atoms with E-state index >= 15 is 0 Å². The molecule has 4 heterocycles. The molecule has 1 aliphatic heterocycles. The highest BCUT2D eigenvalue weighted by molar-refractivity contribution is 5.89. The minimum Gasteiger partial charge on any atom is -0.479 e. The second-order valence-corrected chi connectivity index (χ2v) is 9.39. The van der Waals surface area contributed by atoms with Crippen LogP contribution in [0.15, 0.2) is 42.9 Å². The molecule has 1 aliphatic carbocycles. The van der Waals surface area contributed by atoms with E-state index in [0.717, 1.165) is 60.2 Å². The van der Waals surface area contributed by atoms with E-state index in [1.54, 1.807) is 26.4 Å². The third-order valence-electron chi connectivity index (χ3n) is 7.30. The van der Waals surface area contributed by atoms with Crippen molar-refractivity contribution in [2.45, 2.75) is 19.8 Å². The number of benzene rings is 1. The molecule has 2 aliphatic rings. The maximum atomic E-state index is 11.7. The molecule has 0 spiro atoms. The van der Waals surface area contributed by atoms with Gasteiger partial charge in [-0.05, 0) is 54.4 Å². The monoisotopic (exact) mass is 457 g/mol. The standard InChI is InChI=1S/C25H27N7O2/c1-15(33)31-13-18-9-16(10-19(18)14-31)12-28-25-29-24(34-2)23-20(5-8-32(23)30-25)17-3-4-21-22(11-17)27-7-6-26-21/h3-8,11,16,18-19H,9-10,12-14H2,1-2H3,(H,28,30)/t16?,18-,19+. The predicted molar refractivity (Wildman–Crippen MR) is 129 cm³/mol. The molecule has 9 heteroatoms. The molecule has 0 radical (unpaired) electrons. The molecule has 34 heavy (non-hydrogen) atoms. The van der Waals surface area contributed by atoms with Gasteiger partial charge in [-0.15, -0.1) is 5.10 Å². The highest BCUT2D eigenvalue weighted by Crippen LogP contribution is 2.41. The minimum atomic E-state index is 0.195. The number of hydrogen-bond donors (Lipinski definition) is 1. The molecular weight excluding hydrogens is 430 g/mol. The average molecular weight is 458 g/mol. The average Bonchev–Trinajstić information content (AvgIpc) is 3.55. The first kappa shape index (κ1) is 20.8. The van der Waals surface area contributed by atoms with Crippen LogP contribution in [0, 0.1) is 17.8 Å². The van der Waals surface area contributed by atoms with Gasteiger partial charge in [0.25, 0.3) is 0 Å². The highest BCUT2D eigenvalue weighted by atomic mass is 16.5. The van der Waals surface area contributed by atoms with Gasteiger partial charge in [0.05, 0.1) is 18.1 Å². The van der Waals surface area contributed by atoms with Gasteiger partial charge in [0.1, 0.15) is 5.52 Å². The highest BCUT2D eigenvalue weighted by Gasteiger charge is 2.41. The van der Waals surface area contributed by atoms with Gasteiger partial charge in [-0.25, -0.2) is 4.52 Å². The van der Waals surface area contributed by atoms with Gasteiger partial charge in [-0.1, -0.05) is 6.07 Å². The van der Waals surface area contributed by atoms with Crippen molar-refractivity contribution >= 4 is 28.4 Å². The number of amides is 1. The van der Waals surface area contributed by atoms with Crippen molar-refractivity contribution in [3.05, 3.63) is 42.9 Å². The van der Waals surface area contributed by atoms with Crippen LogP contribution in [-0.2, 0) is 4.79 Å². The van der Waals surface area contributed by atoms with E-state index < -0.39 is 0 Å². The van der Waals surface area contributed by atoms with Crippen LogP contribution in [0.4, 0.5) is 5.95 Å². The summed E-state index contributed by atoms with van der Waals surface area (Å²) >= 11 is 0. The largest absolute Gasteiger partial charge is 0.479 e. The molecule has 3 aromatic heterocycles. The molecule has 1 saturated heterocycles. The molecule has 0 bridgehead atoms. The predicted octanol–water partition coefficient (Wildman–Crippen LogP) is 3.26. The van der Waals surface area contributed by atoms with Crippen LogP contribution >= 0.6 is 0 Å². The molecular formula is C25H27N7O2. The van der Waals surface area contributed by atoms with E-state index in [9.17, 15) is 4.79 Å². The quantitative estimate of drug-likeness (QED) is 0.491. The van der Waals surface area contributed by atoms with Gasteiger partial charge in [0, 0.05) is 50.7 Å². The van der Waals surface area contributed by atoms with Crippen LogP contribution in [0.1, 0.15) is 19.8 Å². The number of rotatable bonds is 5. The number of anilines is 1. The van der Waals surface area contributed by atoms with E-state index in [-0.39, 0.29) is 5.91 Å². The van der Waals surface area contributed by atoms with Crippen LogP contribution in [0.5, 0.6) is 5.88 Å². The number of hydrogen-bond acceptors (Lipinski definition) is 7. The summed E-state index contributed by atoms with van der Waals surface area (Å²) in [5.74, 6) is 3.07. The summed E-state index contributed by atoms with van der Waals surface area (Å²) in [5.41, 5.74) is 4.50. The number of aromatic nitrogens is 5. The van der Waals surface area contributed by atoms with E-state index in [1.807, 2.05) is 39.9 Å². The summed E-state index contributed by atoms with van der Waals surface area (Å²) < 4.78 is 7.48. The van der Waals surface area contributed by atoms with E-state index in [2.05, 4.69) is 20.3 Å².